The zero-order valence-corrected chi connectivity index (χ0v) is 11.1. The molecule has 0 saturated carbocycles. The number of carbonyl (C=O) groups excluding carboxylic acids is 1. The van der Waals surface area contributed by atoms with Gasteiger partial charge >= 0.3 is 0 Å². The molecule has 1 aliphatic rings. The van der Waals surface area contributed by atoms with Gasteiger partial charge in [0.05, 0.1) is 6.54 Å². The first kappa shape index (κ1) is 12.1. The number of pyridine rings is 1. The second-order valence-corrected chi connectivity index (χ2v) is 5.33. The molecule has 0 bridgehead atoms. The highest BCUT2D eigenvalue weighted by Crippen LogP contribution is 2.21. The molecule has 0 aromatic carbocycles. The van der Waals surface area contributed by atoms with Crippen LogP contribution in [0.25, 0.3) is 0 Å². The number of hydrogen-bond acceptors (Lipinski definition) is 1. The van der Waals surface area contributed by atoms with Crippen LogP contribution in [0.2, 0.25) is 0 Å². The van der Waals surface area contributed by atoms with Gasteiger partial charge in [0, 0.05) is 17.5 Å². The van der Waals surface area contributed by atoms with Gasteiger partial charge in [-0.1, -0.05) is 13.8 Å². The number of hydrogen-bond donors (Lipinski definition) is 0. The largest absolute Gasteiger partial charge is 0.327 e. The van der Waals surface area contributed by atoms with Crippen molar-refractivity contribution < 1.29 is 9.36 Å². The first-order valence-electron chi connectivity index (χ1n) is 6.31. The van der Waals surface area contributed by atoms with E-state index in [-0.39, 0.29) is 11.8 Å². The third-order valence-corrected chi connectivity index (χ3v) is 3.29. The number of nitrogens with zero attached hydrogens (tertiary/aromatic N) is 2. The Bertz CT molecular complexity index is 438. The van der Waals surface area contributed by atoms with Gasteiger partial charge in [-0.2, -0.15) is 4.57 Å². The predicted octanol–water partition coefficient (Wildman–Crippen LogP) is 2.05. The number of carbonyl (C=O) groups is 1. The Balaban J connectivity index is 2.28. The van der Waals surface area contributed by atoms with Crippen molar-refractivity contribution in [2.45, 2.75) is 46.8 Å². The maximum Gasteiger partial charge on any atom is 0.225 e. The van der Waals surface area contributed by atoms with Gasteiger partial charge in [0.2, 0.25) is 11.6 Å². The molecule has 0 aliphatic carbocycles. The third-order valence-electron chi connectivity index (χ3n) is 3.29. The maximum absolute atomic E-state index is 12.0. The molecule has 92 valence electrons. The van der Waals surface area contributed by atoms with Crippen molar-refractivity contribution in [1.82, 2.24) is 4.90 Å². The summed E-state index contributed by atoms with van der Waals surface area (Å²) >= 11 is 0. The molecule has 1 aromatic rings. The zero-order chi connectivity index (χ0) is 12.6. The molecule has 1 amide bonds. The summed E-state index contributed by atoms with van der Waals surface area (Å²) in [6, 6.07) is 4.64. The highest BCUT2D eigenvalue weighted by molar-refractivity contribution is 5.78. The first-order valence-corrected chi connectivity index (χ1v) is 6.31. The summed E-state index contributed by atoms with van der Waals surface area (Å²) in [6.45, 7) is 9.79. The maximum atomic E-state index is 12.0. The molecule has 0 fully saturated rings. The average Bonchev–Trinajstić information content (AvgIpc) is 2.70. The minimum absolute atomic E-state index is 0.0804. The molecule has 0 atom stereocenters. The summed E-state index contributed by atoms with van der Waals surface area (Å²) in [4.78, 5) is 14.0. The van der Waals surface area contributed by atoms with Crippen molar-refractivity contribution in [2.24, 2.45) is 5.92 Å². The summed E-state index contributed by atoms with van der Waals surface area (Å²) < 4.78 is 2.27. The fourth-order valence-corrected chi connectivity index (χ4v) is 2.38. The first-order chi connectivity index (χ1) is 8.00. The van der Waals surface area contributed by atoms with Crippen molar-refractivity contribution in [3.63, 3.8) is 0 Å². The van der Waals surface area contributed by atoms with Crippen LogP contribution in [0.15, 0.2) is 18.3 Å². The second kappa shape index (κ2) is 4.47. The van der Waals surface area contributed by atoms with Crippen LogP contribution in [0.3, 0.4) is 0 Å². The van der Waals surface area contributed by atoms with E-state index in [1.807, 2.05) is 18.7 Å². The van der Waals surface area contributed by atoms with Crippen molar-refractivity contribution in [2.75, 3.05) is 0 Å². The van der Waals surface area contributed by atoms with Crippen LogP contribution in [0.4, 0.5) is 0 Å². The van der Waals surface area contributed by atoms with Gasteiger partial charge in [0.15, 0.2) is 12.2 Å². The normalized spacial score (nSPS) is 14.6. The van der Waals surface area contributed by atoms with Crippen LogP contribution in [0.1, 0.15) is 45.0 Å². The summed E-state index contributed by atoms with van der Waals surface area (Å²) in [5.41, 5.74) is 2.58. The average molecular weight is 233 g/mol. The molecule has 0 N–H and O–H groups in total. The molecule has 1 aliphatic heterocycles. The summed E-state index contributed by atoms with van der Waals surface area (Å²) in [5, 5.41) is 0. The Kier molecular flexibility index (Phi) is 3.18. The lowest BCUT2D eigenvalue weighted by Crippen LogP contribution is -2.41. The van der Waals surface area contributed by atoms with Crippen LogP contribution in [0, 0.1) is 5.92 Å². The molecule has 0 radical (unpaired) electrons. The molecule has 2 heterocycles. The van der Waals surface area contributed by atoms with E-state index >= 15 is 0 Å². The van der Waals surface area contributed by atoms with Crippen molar-refractivity contribution in [1.29, 1.82) is 0 Å². The number of aromatic nitrogens is 1. The third kappa shape index (κ3) is 2.19. The molecule has 0 saturated heterocycles. The van der Waals surface area contributed by atoms with Gasteiger partial charge in [-0.15, -0.1) is 0 Å². The topological polar surface area (TPSA) is 24.2 Å². The predicted molar refractivity (Wildman–Crippen MR) is 66.1 cm³/mol. The van der Waals surface area contributed by atoms with Crippen LogP contribution in [0.5, 0.6) is 0 Å². The molecular weight excluding hydrogens is 212 g/mol. The van der Waals surface area contributed by atoms with Gasteiger partial charge < -0.3 is 4.90 Å². The molecular formula is C14H21N2O+. The van der Waals surface area contributed by atoms with Crippen LogP contribution >= 0.6 is 0 Å². The molecule has 17 heavy (non-hydrogen) atoms. The van der Waals surface area contributed by atoms with E-state index in [1.54, 1.807) is 0 Å². The molecule has 0 spiro atoms. The van der Waals surface area contributed by atoms with Gasteiger partial charge in [-0.25, -0.2) is 0 Å². The lowest BCUT2D eigenvalue weighted by atomic mass is 10.2. The second-order valence-electron chi connectivity index (χ2n) is 5.33. The Labute approximate surface area is 103 Å². The monoisotopic (exact) mass is 233 g/mol. The van der Waals surface area contributed by atoms with E-state index in [9.17, 15) is 4.79 Å². The number of amides is 1. The standard InChI is InChI=1S/C14H21N2O/c1-10(2)14(17)15-8-12-6-5-7-16(11(3)4)13(12)9-15/h5-7,10-11H,8-9H2,1-4H3/q+1. The Morgan fingerprint density at radius 1 is 1.29 bits per heavy atom. The summed E-state index contributed by atoms with van der Waals surface area (Å²) in [6.07, 6.45) is 2.10. The molecule has 2 rings (SSSR count). The van der Waals surface area contributed by atoms with Gasteiger partial charge in [-0.05, 0) is 19.9 Å². The van der Waals surface area contributed by atoms with Crippen molar-refractivity contribution in [3.05, 3.63) is 29.6 Å². The smallest absolute Gasteiger partial charge is 0.225 e. The summed E-state index contributed by atoms with van der Waals surface area (Å²) in [7, 11) is 0. The quantitative estimate of drug-likeness (QED) is 0.717. The van der Waals surface area contributed by atoms with E-state index in [0.717, 1.165) is 13.1 Å². The Morgan fingerprint density at radius 3 is 2.59 bits per heavy atom. The van der Waals surface area contributed by atoms with E-state index in [1.165, 1.54) is 11.3 Å². The van der Waals surface area contributed by atoms with Crippen molar-refractivity contribution >= 4 is 5.91 Å². The van der Waals surface area contributed by atoms with Crippen LogP contribution < -0.4 is 4.57 Å². The molecule has 3 heteroatoms. The Morgan fingerprint density at radius 2 is 2.00 bits per heavy atom. The molecule has 0 unspecified atom stereocenters. The summed E-state index contributed by atoms with van der Waals surface area (Å²) in [5.74, 6) is 0.327. The fraction of sp³-hybridized carbons (Fsp3) is 0.571. The fourth-order valence-electron chi connectivity index (χ4n) is 2.38. The minimum Gasteiger partial charge on any atom is -0.327 e. The zero-order valence-electron chi connectivity index (χ0n) is 11.1. The van der Waals surface area contributed by atoms with E-state index in [2.05, 4.69) is 36.7 Å². The lowest BCUT2D eigenvalue weighted by molar-refractivity contribution is -0.723. The Hall–Kier alpha value is -1.38. The van der Waals surface area contributed by atoms with E-state index in [4.69, 9.17) is 0 Å². The lowest BCUT2D eigenvalue weighted by Gasteiger charge is -2.16. The van der Waals surface area contributed by atoms with Crippen molar-refractivity contribution in [3.8, 4) is 0 Å². The minimum atomic E-state index is 0.0804. The SMILES string of the molecule is CC(C)C(=O)N1Cc2ccc[n+](C(C)C)c2C1. The van der Waals surface area contributed by atoms with Crippen LogP contribution in [-0.4, -0.2) is 10.8 Å². The molecule has 1 aromatic heterocycles. The highest BCUT2D eigenvalue weighted by Gasteiger charge is 2.31. The van der Waals surface area contributed by atoms with Crippen LogP contribution in [-0.2, 0) is 17.9 Å². The number of fused-ring (bicyclic) bond motifs is 1. The van der Waals surface area contributed by atoms with Gasteiger partial charge in [0.25, 0.3) is 0 Å². The number of rotatable bonds is 2. The van der Waals surface area contributed by atoms with Gasteiger partial charge in [-0.3, -0.25) is 4.79 Å². The van der Waals surface area contributed by atoms with E-state index in [0.29, 0.717) is 6.04 Å². The molecule has 3 nitrogen and oxygen atoms in total. The highest BCUT2D eigenvalue weighted by atomic mass is 16.2. The van der Waals surface area contributed by atoms with E-state index < -0.39 is 0 Å². The van der Waals surface area contributed by atoms with Gasteiger partial charge in [0.1, 0.15) is 6.54 Å².